The van der Waals surface area contributed by atoms with E-state index < -0.39 is 0 Å². The maximum absolute atomic E-state index is 12.3. The fraction of sp³-hybridized carbons (Fsp3) is 0.667. The molecule has 2 heterocycles. The maximum atomic E-state index is 12.3. The Morgan fingerprint density at radius 2 is 1.75 bits per heavy atom. The van der Waals surface area contributed by atoms with Crippen molar-refractivity contribution >= 4 is 11.2 Å². The van der Waals surface area contributed by atoms with Gasteiger partial charge in [-0.05, 0) is 0 Å². The van der Waals surface area contributed by atoms with E-state index in [9.17, 15) is 9.59 Å². The van der Waals surface area contributed by atoms with Crippen LogP contribution in [0.1, 0.15) is 12.8 Å². The Morgan fingerprint density at radius 1 is 1.12 bits per heavy atom. The zero-order valence-corrected chi connectivity index (χ0v) is 15.5. The summed E-state index contributed by atoms with van der Waals surface area (Å²) in [5.41, 5.74) is 0.214. The van der Waals surface area contributed by atoms with Crippen LogP contribution in [0.25, 0.3) is 11.2 Å². The molecule has 1 N–H and O–H groups in total. The molecular weight excluding hydrogens is 334 g/mol. The van der Waals surface area contributed by atoms with Crippen LogP contribution in [-0.4, -0.2) is 62.1 Å². The Hall–Kier alpha value is -1.64. The molecule has 136 valence electrons. The molecule has 0 atom stereocenters. The molecule has 0 saturated carbocycles. The first-order chi connectivity index (χ1) is 10.8. The molecule has 24 heavy (non-hydrogen) atoms. The molecule has 0 aliphatic heterocycles. The summed E-state index contributed by atoms with van der Waals surface area (Å²) in [7, 11) is 7.36. The van der Waals surface area contributed by atoms with Crippen LogP contribution in [0.4, 0.5) is 0 Å². The number of hydrogen-bond acceptors (Lipinski definition) is 4. The highest BCUT2D eigenvalue weighted by molar-refractivity contribution is 5.69. The SMILES string of the molecule is Cn1c(=O)c2c(ncn2CCC[N+](C)(C)CCCO)n(C)c1=O.[Cl-]. The van der Waals surface area contributed by atoms with E-state index in [-0.39, 0.29) is 30.3 Å². The molecule has 0 unspecified atom stereocenters. The average Bonchev–Trinajstić information content (AvgIpc) is 2.93. The van der Waals surface area contributed by atoms with Crippen molar-refractivity contribution in [1.29, 1.82) is 0 Å². The second kappa shape index (κ2) is 7.96. The van der Waals surface area contributed by atoms with Crippen LogP contribution in [0, 0.1) is 0 Å². The molecule has 2 aromatic rings. The van der Waals surface area contributed by atoms with Gasteiger partial charge in [0.05, 0.1) is 33.5 Å². The summed E-state index contributed by atoms with van der Waals surface area (Å²) in [4.78, 5) is 28.5. The summed E-state index contributed by atoms with van der Waals surface area (Å²) >= 11 is 0. The molecule has 2 rings (SSSR count). The molecule has 2 aromatic heterocycles. The largest absolute Gasteiger partial charge is 1.00 e. The van der Waals surface area contributed by atoms with Crippen LogP contribution in [0.2, 0.25) is 0 Å². The van der Waals surface area contributed by atoms with Crippen LogP contribution < -0.4 is 23.7 Å². The van der Waals surface area contributed by atoms with E-state index in [1.54, 1.807) is 13.4 Å². The van der Waals surface area contributed by atoms with E-state index in [0.29, 0.717) is 17.7 Å². The summed E-state index contributed by atoms with van der Waals surface area (Å²) in [5, 5.41) is 8.94. The number of hydrogen-bond donors (Lipinski definition) is 1. The zero-order valence-electron chi connectivity index (χ0n) is 14.7. The van der Waals surface area contributed by atoms with Gasteiger partial charge in [-0.15, -0.1) is 0 Å². The van der Waals surface area contributed by atoms with E-state index in [2.05, 4.69) is 19.1 Å². The van der Waals surface area contributed by atoms with Crippen molar-refractivity contribution in [3.05, 3.63) is 27.2 Å². The second-order valence-corrected chi connectivity index (χ2v) is 6.63. The minimum absolute atomic E-state index is 0. The van der Waals surface area contributed by atoms with Crippen LogP contribution in [0.3, 0.4) is 0 Å². The first kappa shape index (κ1) is 20.4. The summed E-state index contributed by atoms with van der Waals surface area (Å²) in [6.07, 6.45) is 3.29. The molecule has 0 spiro atoms. The number of aryl methyl sites for hydroxylation is 2. The van der Waals surface area contributed by atoms with E-state index >= 15 is 0 Å². The number of nitrogens with zero attached hydrogens (tertiary/aromatic N) is 5. The molecule has 8 nitrogen and oxygen atoms in total. The molecule has 0 fully saturated rings. The molecule has 0 saturated heterocycles. The highest BCUT2D eigenvalue weighted by Crippen LogP contribution is 2.08. The minimum Gasteiger partial charge on any atom is -1.00 e. The predicted octanol–water partition coefficient (Wildman–Crippen LogP) is -3.71. The summed E-state index contributed by atoms with van der Waals surface area (Å²) in [5.74, 6) is 0. The number of aliphatic hydroxyl groups excluding tert-OH is 1. The molecule has 0 radical (unpaired) electrons. The number of fused-ring (bicyclic) bond motifs is 1. The number of aromatic nitrogens is 4. The number of aliphatic hydroxyl groups is 1. The van der Waals surface area contributed by atoms with E-state index in [4.69, 9.17) is 5.11 Å². The number of imidazole rings is 1. The lowest BCUT2D eigenvalue weighted by Crippen LogP contribution is -3.00. The third-order valence-corrected chi connectivity index (χ3v) is 4.30. The van der Waals surface area contributed by atoms with E-state index in [0.717, 1.165) is 35.0 Å². The van der Waals surface area contributed by atoms with Crippen molar-refractivity contribution in [3.63, 3.8) is 0 Å². The van der Waals surface area contributed by atoms with Gasteiger partial charge >= 0.3 is 5.69 Å². The average molecular weight is 360 g/mol. The fourth-order valence-electron chi connectivity index (χ4n) is 2.85. The first-order valence-corrected chi connectivity index (χ1v) is 7.82. The van der Waals surface area contributed by atoms with Gasteiger partial charge in [0.1, 0.15) is 0 Å². The van der Waals surface area contributed by atoms with Crippen molar-refractivity contribution in [1.82, 2.24) is 18.7 Å². The smallest absolute Gasteiger partial charge is 0.332 e. The van der Waals surface area contributed by atoms with Gasteiger partial charge in [0, 0.05) is 40.1 Å². The zero-order chi connectivity index (χ0) is 17.2. The van der Waals surface area contributed by atoms with Crippen LogP contribution in [0.15, 0.2) is 15.9 Å². The maximum Gasteiger partial charge on any atom is 0.332 e. The summed E-state index contributed by atoms with van der Waals surface area (Å²) in [6.45, 7) is 2.73. The normalized spacial score (nSPS) is 11.7. The van der Waals surface area contributed by atoms with Gasteiger partial charge in [0.15, 0.2) is 11.2 Å². The Morgan fingerprint density at radius 3 is 2.38 bits per heavy atom. The van der Waals surface area contributed by atoms with Gasteiger partial charge in [-0.2, -0.15) is 0 Å². The lowest BCUT2D eigenvalue weighted by atomic mass is 10.3. The summed E-state index contributed by atoms with van der Waals surface area (Å²) < 4.78 is 5.16. The van der Waals surface area contributed by atoms with E-state index in [1.807, 2.05) is 4.57 Å². The Bertz CT molecular complexity index is 806. The van der Waals surface area contributed by atoms with Crippen molar-refractivity contribution in [2.45, 2.75) is 19.4 Å². The molecule has 0 aromatic carbocycles. The van der Waals surface area contributed by atoms with Crippen LogP contribution >= 0.6 is 0 Å². The van der Waals surface area contributed by atoms with Crippen molar-refractivity contribution in [3.8, 4) is 0 Å². The fourth-order valence-corrected chi connectivity index (χ4v) is 2.85. The van der Waals surface area contributed by atoms with Crippen LogP contribution in [0.5, 0.6) is 0 Å². The van der Waals surface area contributed by atoms with Gasteiger partial charge in [-0.25, -0.2) is 9.78 Å². The molecule has 0 aliphatic carbocycles. The molecular formula is C15H26ClN5O3. The van der Waals surface area contributed by atoms with Gasteiger partial charge < -0.3 is 26.6 Å². The summed E-state index contributed by atoms with van der Waals surface area (Å²) in [6, 6.07) is 0. The Balaban J connectivity index is 0.00000288. The third-order valence-electron chi connectivity index (χ3n) is 4.30. The van der Waals surface area contributed by atoms with Gasteiger partial charge in [-0.1, -0.05) is 0 Å². The molecule has 0 aliphatic rings. The van der Waals surface area contributed by atoms with Gasteiger partial charge in [0.25, 0.3) is 5.56 Å². The molecule has 0 bridgehead atoms. The highest BCUT2D eigenvalue weighted by atomic mass is 35.5. The Labute approximate surface area is 147 Å². The third kappa shape index (κ3) is 4.06. The van der Waals surface area contributed by atoms with Crippen molar-refractivity contribution in [2.75, 3.05) is 33.8 Å². The molecule has 0 amide bonds. The van der Waals surface area contributed by atoms with E-state index in [1.165, 1.54) is 11.6 Å². The van der Waals surface area contributed by atoms with Crippen LogP contribution in [-0.2, 0) is 20.6 Å². The molecule has 9 heteroatoms. The monoisotopic (exact) mass is 359 g/mol. The second-order valence-electron chi connectivity index (χ2n) is 6.63. The highest BCUT2D eigenvalue weighted by Gasteiger charge is 2.16. The van der Waals surface area contributed by atoms with Crippen molar-refractivity contribution < 1.29 is 22.0 Å². The van der Waals surface area contributed by atoms with Crippen molar-refractivity contribution in [2.24, 2.45) is 14.1 Å². The predicted molar refractivity (Wildman–Crippen MR) is 88.4 cm³/mol. The number of rotatable bonds is 7. The quantitative estimate of drug-likeness (QED) is 0.516. The minimum atomic E-state index is -0.366. The number of quaternary nitrogens is 1. The van der Waals surface area contributed by atoms with Gasteiger partial charge in [0.2, 0.25) is 0 Å². The number of halogens is 1. The first-order valence-electron chi connectivity index (χ1n) is 7.82. The standard InChI is InChI=1S/C15H26N5O3.ClH/c1-17-13-12(14(22)18(2)15(17)23)19(11-16-13)7-5-8-20(3,4)9-6-10-21;/h11,21H,5-10H2,1-4H3;1H/q+1;/p-1. The lowest BCUT2D eigenvalue weighted by molar-refractivity contribution is -0.890. The Kier molecular flexibility index (Phi) is 6.76. The van der Waals surface area contributed by atoms with Gasteiger partial charge in [-0.3, -0.25) is 13.9 Å². The topological polar surface area (TPSA) is 82.0 Å². The lowest BCUT2D eigenvalue weighted by Gasteiger charge is -2.29.